The van der Waals surface area contributed by atoms with Crippen LogP contribution < -0.4 is 16.1 Å². The number of hydrogen-bond donors (Lipinski definition) is 4. The van der Waals surface area contributed by atoms with Crippen molar-refractivity contribution in [1.29, 1.82) is 0 Å². The molecule has 0 spiro atoms. The van der Waals surface area contributed by atoms with Crippen molar-refractivity contribution >= 4 is 0 Å². The van der Waals surface area contributed by atoms with Gasteiger partial charge >= 0.3 is 0 Å². The number of ether oxygens (including phenoxy) is 2. The van der Waals surface area contributed by atoms with Crippen molar-refractivity contribution in [2.45, 2.75) is 95.9 Å². The summed E-state index contributed by atoms with van der Waals surface area (Å²) in [5.74, 6) is 2.56. The predicted molar refractivity (Wildman–Crippen MR) is 116 cm³/mol. The average Bonchev–Trinajstić information content (AvgIpc) is 3.41. The Bertz CT molecular complexity index is 525. The minimum absolute atomic E-state index is 0.0608. The SMILES string of the molecule is CCOC1CCC(C2NC(C3CCCC4C(NCCO)CCC43)NO2)CC1OCC. The highest BCUT2D eigenvalue weighted by Crippen LogP contribution is 2.47. The number of nitrogens with one attached hydrogen (secondary N) is 3. The number of rotatable bonds is 9. The van der Waals surface area contributed by atoms with Gasteiger partial charge in [-0.25, -0.2) is 0 Å². The van der Waals surface area contributed by atoms with Crippen LogP contribution in [0.4, 0.5) is 0 Å². The van der Waals surface area contributed by atoms with Crippen molar-refractivity contribution in [3.8, 4) is 0 Å². The summed E-state index contributed by atoms with van der Waals surface area (Å²) >= 11 is 0. The van der Waals surface area contributed by atoms with E-state index in [1.165, 1.54) is 32.1 Å². The van der Waals surface area contributed by atoms with Crippen molar-refractivity contribution in [1.82, 2.24) is 16.1 Å². The maximum atomic E-state index is 9.18. The normalized spacial score (nSPS) is 44.3. The summed E-state index contributed by atoms with van der Waals surface area (Å²) < 4.78 is 12.0. The summed E-state index contributed by atoms with van der Waals surface area (Å²) in [6.07, 6.45) is 10.3. The lowest BCUT2D eigenvalue weighted by molar-refractivity contribution is -0.118. The van der Waals surface area contributed by atoms with Crippen molar-refractivity contribution < 1.29 is 19.4 Å². The van der Waals surface area contributed by atoms with Crippen LogP contribution in [-0.2, 0) is 14.3 Å². The minimum Gasteiger partial charge on any atom is -0.395 e. The Balaban J connectivity index is 1.32. The standard InChI is InChI=1S/C23H43N3O4/c1-3-28-20-11-8-15(14-21(20)29-4-2)23-25-22(26-30-23)18-7-5-6-17-16(18)9-10-19(17)24-12-13-27/h15-27H,3-14H2,1-2H3. The first-order chi connectivity index (χ1) is 14.7. The van der Waals surface area contributed by atoms with E-state index in [4.69, 9.17) is 14.3 Å². The van der Waals surface area contributed by atoms with E-state index in [1.54, 1.807) is 0 Å². The smallest absolute Gasteiger partial charge is 0.133 e. The van der Waals surface area contributed by atoms with Crippen LogP contribution in [0.5, 0.6) is 0 Å². The molecular formula is C23H43N3O4. The van der Waals surface area contributed by atoms with Gasteiger partial charge < -0.3 is 19.9 Å². The zero-order valence-electron chi connectivity index (χ0n) is 18.9. The Kier molecular flexibility index (Phi) is 8.42. The highest BCUT2D eigenvalue weighted by Gasteiger charge is 2.47. The molecule has 0 aromatic carbocycles. The molecule has 30 heavy (non-hydrogen) atoms. The molecule has 4 rings (SSSR count). The number of fused-ring (bicyclic) bond motifs is 1. The van der Waals surface area contributed by atoms with Crippen LogP contribution in [0, 0.1) is 23.7 Å². The van der Waals surface area contributed by atoms with E-state index in [0.29, 0.717) is 17.9 Å². The number of hydrogen-bond acceptors (Lipinski definition) is 7. The van der Waals surface area contributed by atoms with Gasteiger partial charge in [-0.1, -0.05) is 6.42 Å². The molecule has 1 heterocycles. The zero-order valence-corrected chi connectivity index (χ0v) is 18.9. The molecule has 0 amide bonds. The monoisotopic (exact) mass is 425 g/mol. The van der Waals surface area contributed by atoms with Gasteiger partial charge in [-0.3, -0.25) is 10.2 Å². The third-order valence-electron chi connectivity index (χ3n) is 8.08. The lowest BCUT2D eigenvalue weighted by Gasteiger charge is -2.39. The van der Waals surface area contributed by atoms with Gasteiger partial charge in [0, 0.05) is 31.7 Å². The predicted octanol–water partition coefficient (Wildman–Crippen LogP) is 2.15. The summed E-state index contributed by atoms with van der Waals surface area (Å²) in [7, 11) is 0. The largest absolute Gasteiger partial charge is 0.395 e. The molecule has 1 aliphatic heterocycles. The van der Waals surface area contributed by atoms with Crippen LogP contribution in [0.15, 0.2) is 0 Å². The van der Waals surface area contributed by atoms with Gasteiger partial charge in [0.05, 0.1) is 25.0 Å². The minimum atomic E-state index is 0.0608. The molecule has 1 saturated heterocycles. The Morgan fingerprint density at radius 2 is 1.73 bits per heavy atom. The third kappa shape index (κ3) is 5.03. The second kappa shape index (κ2) is 11.0. The highest BCUT2D eigenvalue weighted by atomic mass is 16.7. The molecular weight excluding hydrogens is 382 g/mol. The third-order valence-corrected chi connectivity index (χ3v) is 8.08. The molecule has 7 nitrogen and oxygen atoms in total. The van der Waals surface area contributed by atoms with Crippen LogP contribution in [0.3, 0.4) is 0 Å². The fraction of sp³-hybridized carbons (Fsp3) is 1.00. The summed E-state index contributed by atoms with van der Waals surface area (Å²) in [5.41, 5.74) is 3.38. The average molecular weight is 426 g/mol. The van der Waals surface area contributed by atoms with Crippen LogP contribution >= 0.6 is 0 Å². The highest BCUT2D eigenvalue weighted by molar-refractivity contribution is 4.99. The molecule has 9 atom stereocenters. The summed E-state index contributed by atoms with van der Waals surface area (Å²) in [4.78, 5) is 6.11. The fourth-order valence-electron chi connectivity index (χ4n) is 6.80. The van der Waals surface area contributed by atoms with E-state index < -0.39 is 0 Å². The van der Waals surface area contributed by atoms with Crippen LogP contribution in [0.1, 0.15) is 65.2 Å². The summed E-state index contributed by atoms with van der Waals surface area (Å²) in [6, 6.07) is 0.573. The second-order valence-corrected chi connectivity index (χ2v) is 9.65. The number of aliphatic hydroxyl groups is 1. The molecule has 4 fully saturated rings. The molecule has 9 unspecified atom stereocenters. The Morgan fingerprint density at radius 3 is 2.53 bits per heavy atom. The first-order valence-electron chi connectivity index (χ1n) is 12.5. The van der Waals surface area contributed by atoms with Crippen LogP contribution in [-0.4, -0.2) is 62.1 Å². The molecule has 4 N–H and O–H groups in total. The van der Waals surface area contributed by atoms with Crippen molar-refractivity contribution in [2.75, 3.05) is 26.4 Å². The quantitative estimate of drug-likeness (QED) is 0.450. The maximum absolute atomic E-state index is 9.18. The van der Waals surface area contributed by atoms with E-state index in [-0.39, 0.29) is 31.2 Å². The molecule has 3 aliphatic carbocycles. The van der Waals surface area contributed by atoms with Gasteiger partial charge in [-0.15, -0.1) is 0 Å². The molecule has 3 saturated carbocycles. The first-order valence-corrected chi connectivity index (χ1v) is 12.5. The van der Waals surface area contributed by atoms with E-state index in [1.807, 2.05) is 0 Å². The molecule has 4 aliphatic rings. The van der Waals surface area contributed by atoms with Gasteiger partial charge in [0.25, 0.3) is 0 Å². The van der Waals surface area contributed by atoms with Gasteiger partial charge in [0.15, 0.2) is 0 Å². The van der Waals surface area contributed by atoms with E-state index in [9.17, 15) is 5.11 Å². The van der Waals surface area contributed by atoms with Crippen molar-refractivity contribution in [3.63, 3.8) is 0 Å². The number of hydroxylamine groups is 1. The van der Waals surface area contributed by atoms with Crippen LogP contribution in [0.25, 0.3) is 0 Å². The molecule has 0 aromatic heterocycles. The van der Waals surface area contributed by atoms with Crippen LogP contribution in [0.2, 0.25) is 0 Å². The Labute approximate surface area is 181 Å². The van der Waals surface area contributed by atoms with Gasteiger partial charge in [-0.2, -0.15) is 5.48 Å². The Morgan fingerprint density at radius 1 is 0.933 bits per heavy atom. The Hall–Kier alpha value is -0.280. The van der Waals surface area contributed by atoms with Gasteiger partial charge in [-0.05, 0) is 76.5 Å². The van der Waals surface area contributed by atoms with E-state index >= 15 is 0 Å². The van der Waals surface area contributed by atoms with Gasteiger partial charge in [0.1, 0.15) is 6.23 Å². The zero-order chi connectivity index (χ0) is 20.9. The van der Waals surface area contributed by atoms with Crippen molar-refractivity contribution in [3.05, 3.63) is 0 Å². The topological polar surface area (TPSA) is 84.0 Å². The molecule has 0 bridgehead atoms. The lowest BCUT2D eigenvalue weighted by atomic mass is 9.71. The van der Waals surface area contributed by atoms with Gasteiger partial charge in [0.2, 0.25) is 0 Å². The summed E-state index contributed by atoms with van der Waals surface area (Å²) in [5, 5.41) is 16.6. The van der Waals surface area contributed by atoms with E-state index in [2.05, 4.69) is 30.0 Å². The molecule has 7 heteroatoms. The number of aliphatic hydroxyl groups excluding tert-OH is 1. The molecule has 0 radical (unpaired) electrons. The van der Waals surface area contributed by atoms with Crippen molar-refractivity contribution in [2.24, 2.45) is 23.7 Å². The van der Waals surface area contributed by atoms with E-state index in [0.717, 1.165) is 50.9 Å². The molecule has 174 valence electrons. The fourth-order valence-corrected chi connectivity index (χ4v) is 6.80. The maximum Gasteiger partial charge on any atom is 0.133 e. The lowest BCUT2D eigenvalue weighted by Crippen LogP contribution is -2.49. The second-order valence-electron chi connectivity index (χ2n) is 9.65. The molecule has 0 aromatic rings. The first kappa shape index (κ1) is 22.9. The summed E-state index contributed by atoms with van der Waals surface area (Å²) in [6.45, 7) is 6.56.